The Labute approximate surface area is 117 Å². The number of hydrogen-bond donors (Lipinski definition) is 0. The topological polar surface area (TPSA) is 61.8 Å². The molecular weight excluding hydrogens is 260 g/mol. The summed E-state index contributed by atoms with van der Waals surface area (Å²) in [7, 11) is 1.31. The average molecular weight is 278 g/mol. The number of ether oxygens (including phenoxy) is 3. The van der Waals surface area contributed by atoms with Crippen molar-refractivity contribution in [1.29, 1.82) is 0 Å². The largest absolute Gasteiger partial charge is 0.465 e. The number of methoxy groups -OCH3 is 1. The molecule has 2 aliphatic rings. The molecule has 2 rings (SSSR count). The molecule has 0 saturated heterocycles. The zero-order valence-electron chi connectivity index (χ0n) is 11.6. The molecule has 0 N–H and O–H groups in total. The van der Waals surface area contributed by atoms with Gasteiger partial charge in [-0.05, 0) is 31.8 Å². The van der Waals surface area contributed by atoms with Crippen molar-refractivity contribution < 1.29 is 23.8 Å². The van der Waals surface area contributed by atoms with E-state index in [0.29, 0.717) is 17.1 Å². The van der Waals surface area contributed by atoms with Crippen molar-refractivity contribution in [3.8, 4) is 0 Å². The molecular formula is C15H18O5. The van der Waals surface area contributed by atoms with Crippen LogP contribution in [0.25, 0.3) is 0 Å². The minimum absolute atomic E-state index is 0.299. The molecule has 20 heavy (non-hydrogen) atoms. The van der Waals surface area contributed by atoms with Crippen LogP contribution >= 0.6 is 0 Å². The first-order valence-corrected chi connectivity index (χ1v) is 6.61. The molecule has 0 aromatic heterocycles. The molecule has 1 fully saturated rings. The Morgan fingerprint density at radius 2 is 2.20 bits per heavy atom. The van der Waals surface area contributed by atoms with Crippen LogP contribution in [0.4, 0.5) is 0 Å². The van der Waals surface area contributed by atoms with Crippen LogP contribution in [0.3, 0.4) is 0 Å². The number of esters is 2. The summed E-state index contributed by atoms with van der Waals surface area (Å²) in [6, 6.07) is 0. The number of hydrogen-bond acceptors (Lipinski definition) is 5. The second kappa shape index (κ2) is 6.41. The van der Waals surface area contributed by atoms with Gasteiger partial charge in [-0.15, -0.1) is 0 Å². The fourth-order valence-electron chi connectivity index (χ4n) is 1.86. The highest BCUT2D eigenvalue weighted by atomic mass is 16.7. The Balaban J connectivity index is 1.98. The van der Waals surface area contributed by atoms with Gasteiger partial charge in [0, 0.05) is 11.6 Å². The standard InChI is InChI=1S/C15H18O5/c1-10-8-13(20-14(10)16)19-9-12(15(17)18-2)7-6-11-4-3-5-11/h6-9,11,13H,3-5H2,1-2H3/b7-6+,12-9+. The lowest BCUT2D eigenvalue weighted by molar-refractivity contribution is -0.152. The van der Waals surface area contributed by atoms with Gasteiger partial charge in [0.25, 0.3) is 6.29 Å². The zero-order valence-corrected chi connectivity index (χ0v) is 11.6. The third-order valence-electron chi connectivity index (χ3n) is 3.38. The van der Waals surface area contributed by atoms with Crippen LogP contribution in [0.2, 0.25) is 0 Å². The average Bonchev–Trinajstić information content (AvgIpc) is 2.70. The third-order valence-corrected chi connectivity index (χ3v) is 3.38. The van der Waals surface area contributed by atoms with E-state index in [1.807, 2.05) is 6.08 Å². The number of cyclic esters (lactones) is 1. The fourth-order valence-corrected chi connectivity index (χ4v) is 1.86. The minimum Gasteiger partial charge on any atom is -0.465 e. The molecule has 5 nitrogen and oxygen atoms in total. The van der Waals surface area contributed by atoms with Crippen LogP contribution in [0, 0.1) is 5.92 Å². The minimum atomic E-state index is -0.778. The van der Waals surface area contributed by atoms with E-state index in [9.17, 15) is 9.59 Å². The molecule has 0 spiro atoms. The van der Waals surface area contributed by atoms with Crippen LogP contribution in [-0.4, -0.2) is 25.3 Å². The molecule has 108 valence electrons. The van der Waals surface area contributed by atoms with Crippen molar-refractivity contribution in [2.45, 2.75) is 32.5 Å². The van der Waals surface area contributed by atoms with E-state index in [1.165, 1.54) is 19.8 Å². The van der Waals surface area contributed by atoms with E-state index in [1.54, 1.807) is 19.1 Å². The van der Waals surface area contributed by atoms with Crippen LogP contribution in [-0.2, 0) is 23.8 Å². The lowest BCUT2D eigenvalue weighted by atomic mass is 9.85. The molecule has 1 aliphatic heterocycles. The van der Waals surface area contributed by atoms with Gasteiger partial charge < -0.3 is 14.2 Å². The van der Waals surface area contributed by atoms with E-state index in [2.05, 4.69) is 0 Å². The van der Waals surface area contributed by atoms with Gasteiger partial charge in [0.15, 0.2) is 0 Å². The maximum absolute atomic E-state index is 11.6. The van der Waals surface area contributed by atoms with Crippen molar-refractivity contribution in [2.24, 2.45) is 5.92 Å². The first-order valence-electron chi connectivity index (χ1n) is 6.61. The number of carbonyl (C=O) groups excluding carboxylic acids is 2. The Bertz CT molecular complexity index is 482. The van der Waals surface area contributed by atoms with Gasteiger partial charge >= 0.3 is 11.9 Å². The summed E-state index contributed by atoms with van der Waals surface area (Å²) in [5, 5.41) is 0. The highest BCUT2D eigenvalue weighted by Gasteiger charge is 2.23. The van der Waals surface area contributed by atoms with E-state index < -0.39 is 18.2 Å². The van der Waals surface area contributed by atoms with E-state index >= 15 is 0 Å². The van der Waals surface area contributed by atoms with Crippen LogP contribution in [0.15, 0.2) is 35.6 Å². The van der Waals surface area contributed by atoms with Gasteiger partial charge in [0.2, 0.25) is 0 Å². The summed E-state index contributed by atoms with van der Waals surface area (Å²) < 4.78 is 14.9. The predicted molar refractivity (Wildman–Crippen MR) is 71.3 cm³/mol. The summed E-state index contributed by atoms with van der Waals surface area (Å²) in [4.78, 5) is 22.8. The molecule has 5 heteroatoms. The first-order chi connectivity index (χ1) is 9.60. The number of carbonyl (C=O) groups is 2. The number of allylic oxidation sites excluding steroid dienone is 1. The summed E-state index contributed by atoms with van der Waals surface area (Å²) in [6.07, 6.45) is 9.25. The van der Waals surface area contributed by atoms with Crippen molar-refractivity contribution in [3.63, 3.8) is 0 Å². The van der Waals surface area contributed by atoms with Crippen LogP contribution in [0.1, 0.15) is 26.2 Å². The van der Waals surface area contributed by atoms with Gasteiger partial charge in [-0.25, -0.2) is 9.59 Å². The SMILES string of the molecule is COC(=O)C(/C=C/C1CCC1)=C/OC1C=C(C)C(=O)O1. The molecule has 0 aromatic carbocycles. The van der Waals surface area contributed by atoms with Crippen molar-refractivity contribution in [3.05, 3.63) is 35.6 Å². The summed E-state index contributed by atoms with van der Waals surface area (Å²) in [5.74, 6) is -0.367. The Morgan fingerprint density at radius 1 is 1.45 bits per heavy atom. The zero-order chi connectivity index (χ0) is 14.5. The second-order valence-corrected chi connectivity index (χ2v) is 4.87. The van der Waals surface area contributed by atoms with Crippen molar-refractivity contribution in [2.75, 3.05) is 7.11 Å². The molecule has 1 heterocycles. The summed E-state index contributed by atoms with van der Waals surface area (Å²) in [5.41, 5.74) is 0.793. The fraction of sp³-hybridized carbons (Fsp3) is 0.467. The van der Waals surface area contributed by atoms with Crippen molar-refractivity contribution in [1.82, 2.24) is 0 Å². The Morgan fingerprint density at radius 3 is 2.70 bits per heavy atom. The Hall–Kier alpha value is -2.04. The lowest BCUT2D eigenvalue weighted by Gasteiger charge is -2.21. The Kier molecular flexibility index (Phi) is 4.61. The molecule has 0 radical (unpaired) electrons. The second-order valence-electron chi connectivity index (χ2n) is 4.87. The van der Waals surface area contributed by atoms with E-state index in [4.69, 9.17) is 14.2 Å². The predicted octanol–water partition coefficient (Wildman–Crippen LogP) is 2.25. The van der Waals surface area contributed by atoms with E-state index in [0.717, 1.165) is 12.8 Å². The molecule has 1 aliphatic carbocycles. The smallest absolute Gasteiger partial charge is 0.340 e. The highest BCUT2D eigenvalue weighted by Crippen LogP contribution is 2.27. The molecule has 1 atom stereocenters. The van der Waals surface area contributed by atoms with E-state index in [-0.39, 0.29) is 0 Å². The third kappa shape index (κ3) is 3.50. The van der Waals surface area contributed by atoms with Crippen LogP contribution < -0.4 is 0 Å². The first kappa shape index (κ1) is 14.4. The lowest BCUT2D eigenvalue weighted by Crippen LogP contribution is -2.12. The van der Waals surface area contributed by atoms with Gasteiger partial charge in [-0.3, -0.25) is 0 Å². The quantitative estimate of drug-likeness (QED) is 0.334. The van der Waals surface area contributed by atoms with Gasteiger partial charge in [-0.1, -0.05) is 12.5 Å². The van der Waals surface area contributed by atoms with Gasteiger partial charge in [0.1, 0.15) is 6.26 Å². The van der Waals surface area contributed by atoms with Crippen LogP contribution in [0.5, 0.6) is 0 Å². The molecule has 0 bridgehead atoms. The molecule has 1 saturated carbocycles. The maximum Gasteiger partial charge on any atom is 0.340 e. The number of rotatable bonds is 5. The van der Waals surface area contributed by atoms with Gasteiger partial charge in [0.05, 0.1) is 12.7 Å². The summed E-state index contributed by atoms with van der Waals surface area (Å²) in [6.45, 7) is 1.65. The molecule has 0 amide bonds. The van der Waals surface area contributed by atoms with Gasteiger partial charge in [-0.2, -0.15) is 0 Å². The molecule has 0 aromatic rings. The van der Waals surface area contributed by atoms with Crippen molar-refractivity contribution >= 4 is 11.9 Å². The normalized spacial score (nSPS) is 23.3. The maximum atomic E-state index is 11.6. The monoisotopic (exact) mass is 278 g/mol. The summed E-state index contributed by atoms with van der Waals surface area (Å²) >= 11 is 0. The highest BCUT2D eigenvalue weighted by molar-refractivity contribution is 5.91. The molecule has 1 unspecified atom stereocenters.